The van der Waals surface area contributed by atoms with E-state index >= 15 is 0 Å². The number of hydrogen-bond donors (Lipinski definition) is 1. The second-order valence-corrected chi connectivity index (χ2v) is 7.35. The number of hydrogen-bond acceptors (Lipinski definition) is 2. The summed E-state index contributed by atoms with van der Waals surface area (Å²) < 4.78 is 0. The van der Waals surface area contributed by atoms with Crippen molar-refractivity contribution in [1.82, 2.24) is 10.2 Å². The Hall–Kier alpha value is -0.860. The lowest BCUT2D eigenvalue weighted by Crippen LogP contribution is -2.54. The highest BCUT2D eigenvalue weighted by Gasteiger charge is 2.36. The number of nitrogens with one attached hydrogen (secondary N) is 1. The molecule has 2 atom stereocenters. The Morgan fingerprint density at radius 2 is 1.95 bits per heavy atom. The minimum atomic E-state index is 0.484. The molecule has 1 N–H and O–H groups in total. The van der Waals surface area contributed by atoms with Gasteiger partial charge in [-0.05, 0) is 50.3 Å². The lowest BCUT2D eigenvalue weighted by Gasteiger charge is -2.45. The smallest absolute Gasteiger partial charge is 0.0251 e. The SMILES string of the molecule is CCNC1CCC(C)(C)CC1N(C)CCc1ccccc1. The minimum Gasteiger partial charge on any atom is -0.313 e. The Morgan fingerprint density at radius 3 is 2.62 bits per heavy atom. The van der Waals surface area contributed by atoms with Gasteiger partial charge in [-0.15, -0.1) is 0 Å². The maximum atomic E-state index is 3.71. The second-order valence-electron chi connectivity index (χ2n) is 7.35. The normalized spacial score (nSPS) is 25.2. The van der Waals surface area contributed by atoms with Crippen LogP contribution in [0.5, 0.6) is 0 Å². The van der Waals surface area contributed by atoms with Crippen molar-refractivity contribution in [2.24, 2.45) is 5.41 Å². The van der Waals surface area contributed by atoms with E-state index in [4.69, 9.17) is 0 Å². The number of nitrogens with zero attached hydrogens (tertiary/aromatic N) is 1. The van der Waals surface area contributed by atoms with E-state index in [9.17, 15) is 0 Å². The fourth-order valence-electron chi connectivity index (χ4n) is 3.63. The highest BCUT2D eigenvalue weighted by Crippen LogP contribution is 2.37. The van der Waals surface area contributed by atoms with E-state index in [-0.39, 0.29) is 0 Å². The van der Waals surface area contributed by atoms with Gasteiger partial charge in [0.05, 0.1) is 0 Å². The molecule has 2 nitrogen and oxygen atoms in total. The molecule has 1 saturated carbocycles. The summed E-state index contributed by atoms with van der Waals surface area (Å²) in [4.78, 5) is 2.58. The molecule has 1 aromatic rings. The van der Waals surface area contributed by atoms with Gasteiger partial charge in [0.25, 0.3) is 0 Å². The summed E-state index contributed by atoms with van der Waals surface area (Å²) in [5.74, 6) is 0. The number of rotatable bonds is 6. The van der Waals surface area contributed by atoms with Crippen LogP contribution in [0.4, 0.5) is 0 Å². The van der Waals surface area contributed by atoms with Crippen LogP contribution in [0.3, 0.4) is 0 Å². The van der Waals surface area contributed by atoms with Gasteiger partial charge < -0.3 is 10.2 Å². The van der Waals surface area contributed by atoms with E-state index in [0.29, 0.717) is 17.5 Å². The van der Waals surface area contributed by atoms with Crippen LogP contribution >= 0.6 is 0 Å². The summed E-state index contributed by atoms with van der Waals surface area (Å²) in [6.07, 6.45) is 5.10. The van der Waals surface area contributed by atoms with Gasteiger partial charge in [-0.25, -0.2) is 0 Å². The molecule has 118 valence electrons. The van der Waals surface area contributed by atoms with E-state index in [1.165, 1.54) is 24.8 Å². The van der Waals surface area contributed by atoms with E-state index in [2.05, 4.69) is 68.4 Å². The zero-order chi connectivity index (χ0) is 15.3. The zero-order valence-electron chi connectivity index (χ0n) is 14.2. The van der Waals surface area contributed by atoms with Crippen molar-refractivity contribution < 1.29 is 0 Å². The summed E-state index contributed by atoms with van der Waals surface area (Å²) >= 11 is 0. The lowest BCUT2D eigenvalue weighted by atomic mass is 9.72. The Kier molecular flexibility index (Phi) is 5.83. The molecule has 0 heterocycles. The van der Waals surface area contributed by atoms with E-state index in [0.717, 1.165) is 19.5 Å². The summed E-state index contributed by atoms with van der Waals surface area (Å²) in [7, 11) is 2.30. The first-order valence-corrected chi connectivity index (χ1v) is 8.49. The van der Waals surface area contributed by atoms with Crippen LogP contribution in [0, 0.1) is 5.41 Å². The molecular weight excluding hydrogens is 256 g/mol. The standard InChI is InChI=1S/C19H32N2/c1-5-20-17-11-13-19(2,3)15-18(17)21(4)14-12-16-9-7-6-8-10-16/h6-10,17-18,20H,5,11-15H2,1-4H3. The molecule has 1 fully saturated rings. The first kappa shape index (κ1) is 16.5. The molecular formula is C19H32N2. The topological polar surface area (TPSA) is 15.3 Å². The second kappa shape index (κ2) is 7.42. The van der Waals surface area contributed by atoms with Gasteiger partial charge in [0.1, 0.15) is 0 Å². The van der Waals surface area contributed by atoms with Crippen LogP contribution in [-0.2, 0) is 6.42 Å². The molecule has 0 radical (unpaired) electrons. The van der Waals surface area contributed by atoms with Crippen molar-refractivity contribution in [3.8, 4) is 0 Å². The van der Waals surface area contributed by atoms with Crippen LogP contribution in [0.1, 0.15) is 45.6 Å². The maximum absolute atomic E-state index is 3.71. The zero-order valence-corrected chi connectivity index (χ0v) is 14.2. The molecule has 1 aliphatic rings. The van der Waals surface area contributed by atoms with Crippen LogP contribution in [0.15, 0.2) is 30.3 Å². The Bertz CT molecular complexity index is 413. The molecule has 21 heavy (non-hydrogen) atoms. The molecule has 0 bridgehead atoms. The molecule has 2 rings (SSSR count). The number of likely N-dealkylation sites (N-methyl/N-ethyl adjacent to an activating group) is 2. The Morgan fingerprint density at radius 1 is 1.24 bits per heavy atom. The fraction of sp³-hybridized carbons (Fsp3) is 0.684. The summed E-state index contributed by atoms with van der Waals surface area (Å²) in [6, 6.07) is 12.2. The molecule has 0 spiro atoms. The predicted octanol–water partition coefficient (Wildman–Crippen LogP) is 3.72. The Balaban J connectivity index is 1.95. The average molecular weight is 288 g/mol. The third kappa shape index (κ3) is 4.82. The van der Waals surface area contributed by atoms with Crippen molar-refractivity contribution >= 4 is 0 Å². The predicted molar refractivity (Wildman–Crippen MR) is 91.7 cm³/mol. The highest BCUT2D eigenvalue weighted by molar-refractivity contribution is 5.15. The number of benzene rings is 1. The molecule has 2 unspecified atom stereocenters. The van der Waals surface area contributed by atoms with Crippen molar-refractivity contribution in [3.63, 3.8) is 0 Å². The van der Waals surface area contributed by atoms with Gasteiger partial charge in [0.15, 0.2) is 0 Å². The summed E-state index contributed by atoms with van der Waals surface area (Å²) in [6.45, 7) is 9.29. The van der Waals surface area contributed by atoms with Gasteiger partial charge >= 0.3 is 0 Å². The van der Waals surface area contributed by atoms with Gasteiger partial charge in [-0.2, -0.15) is 0 Å². The van der Waals surface area contributed by atoms with Gasteiger partial charge in [0, 0.05) is 18.6 Å². The van der Waals surface area contributed by atoms with Gasteiger partial charge in [-0.3, -0.25) is 0 Å². The van der Waals surface area contributed by atoms with E-state index in [1.807, 2.05) is 0 Å². The quantitative estimate of drug-likeness (QED) is 0.858. The van der Waals surface area contributed by atoms with Crippen LogP contribution in [0.2, 0.25) is 0 Å². The van der Waals surface area contributed by atoms with Gasteiger partial charge in [0.2, 0.25) is 0 Å². The monoisotopic (exact) mass is 288 g/mol. The van der Waals surface area contributed by atoms with Crippen LogP contribution in [-0.4, -0.2) is 37.1 Å². The maximum Gasteiger partial charge on any atom is 0.0251 e. The minimum absolute atomic E-state index is 0.484. The van der Waals surface area contributed by atoms with Crippen LogP contribution in [0.25, 0.3) is 0 Å². The van der Waals surface area contributed by atoms with E-state index < -0.39 is 0 Å². The van der Waals surface area contributed by atoms with Crippen LogP contribution < -0.4 is 5.32 Å². The average Bonchev–Trinajstić information content (AvgIpc) is 2.47. The van der Waals surface area contributed by atoms with Crippen molar-refractivity contribution in [2.75, 3.05) is 20.1 Å². The largest absolute Gasteiger partial charge is 0.313 e. The van der Waals surface area contributed by atoms with Crippen molar-refractivity contribution in [1.29, 1.82) is 0 Å². The third-order valence-corrected chi connectivity index (χ3v) is 4.99. The van der Waals surface area contributed by atoms with Gasteiger partial charge in [-0.1, -0.05) is 51.1 Å². The summed E-state index contributed by atoms with van der Waals surface area (Å²) in [5.41, 5.74) is 1.93. The van der Waals surface area contributed by atoms with Crippen molar-refractivity contribution in [3.05, 3.63) is 35.9 Å². The molecule has 0 amide bonds. The third-order valence-electron chi connectivity index (χ3n) is 4.99. The summed E-state index contributed by atoms with van der Waals surface area (Å²) in [5, 5.41) is 3.71. The molecule has 0 saturated heterocycles. The lowest BCUT2D eigenvalue weighted by molar-refractivity contribution is 0.0832. The fourth-order valence-corrected chi connectivity index (χ4v) is 3.63. The molecule has 1 aromatic carbocycles. The first-order valence-electron chi connectivity index (χ1n) is 8.49. The first-order chi connectivity index (χ1) is 10.0. The molecule has 0 aliphatic heterocycles. The van der Waals surface area contributed by atoms with E-state index in [1.54, 1.807) is 0 Å². The van der Waals surface area contributed by atoms with Crippen molar-refractivity contribution in [2.45, 2.75) is 58.5 Å². The molecule has 2 heteroatoms. The Labute approximate surface area is 130 Å². The molecule has 1 aliphatic carbocycles. The molecule has 0 aromatic heterocycles. The highest BCUT2D eigenvalue weighted by atomic mass is 15.2.